The van der Waals surface area contributed by atoms with Crippen LogP contribution in [0.1, 0.15) is 32.3 Å². The predicted octanol–water partition coefficient (Wildman–Crippen LogP) is 3.43. The standard InChI is InChI=1S/C20H24ClFO6S/c1-3-26-19(23)16-9-20(27-10-13(2)11-28-20)7-6-18(16)29(24,25)12-14-4-5-15(22)8-17(14)21/h4-5,8-9,13,18H,3,6-7,10-12H2,1-2H3. The van der Waals surface area contributed by atoms with Crippen LogP contribution in [0.15, 0.2) is 29.8 Å². The van der Waals surface area contributed by atoms with Gasteiger partial charge in [-0.25, -0.2) is 17.6 Å². The zero-order chi connectivity index (χ0) is 21.2. The Kier molecular flexibility index (Phi) is 6.67. The second kappa shape index (κ2) is 8.71. The van der Waals surface area contributed by atoms with E-state index >= 15 is 0 Å². The molecule has 1 spiro atoms. The molecule has 1 saturated heterocycles. The third-order valence-corrected chi connectivity index (χ3v) is 7.44. The lowest BCUT2D eigenvalue weighted by atomic mass is 9.93. The van der Waals surface area contributed by atoms with Gasteiger partial charge < -0.3 is 14.2 Å². The van der Waals surface area contributed by atoms with E-state index < -0.39 is 38.4 Å². The molecular weight excluding hydrogens is 423 g/mol. The fourth-order valence-corrected chi connectivity index (χ4v) is 5.74. The van der Waals surface area contributed by atoms with Crippen LogP contribution < -0.4 is 0 Å². The minimum atomic E-state index is -3.84. The zero-order valence-electron chi connectivity index (χ0n) is 16.3. The number of hydrogen-bond acceptors (Lipinski definition) is 6. The molecule has 0 amide bonds. The quantitative estimate of drug-likeness (QED) is 0.645. The number of ether oxygens (including phenoxy) is 3. The molecular formula is C20H24ClFO6S. The van der Waals surface area contributed by atoms with E-state index in [4.69, 9.17) is 25.8 Å². The molecule has 1 aliphatic carbocycles. The van der Waals surface area contributed by atoms with Crippen molar-refractivity contribution in [3.8, 4) is 0 Å². The molecule has 0 radical (unpaired) electrons. The van der Waals surface area contributed by atoms with E-state index in [2.05, 4.69) is 0 Å². The van der Waals surface area contributed by atoms with Crippen molar-refractivity contribution in [2.75, 3.05) is 19.8 Å². The summed E-state index contributed by atoms with van der Waals surface area (Å²) in [5, 5.41) is -1.06. The fraction of sp³-hybridized carbons (Fsp3) is 0.550. The van der Waals surface area contributed by atoms with Gasteiger partial charge in [-0.1, -0.05) is 24.6 Å². The normalized spacial score (nSPS) is 27.5. The summed E-state index contributed by atoms with van der Waals surface area (Å²) in [6.45, 7) is 4.64. The maximum absolute atomic E-state index is 13.3. The minimum Gasteiger partial charge on any atom is -0.463 e. The summed E-state index contributed by atoms with van der Waals surface area (Å²) >= 11 is 6.00. The van der Waals surface area contributed by atoms with Crippen LogP contribution in [0, 0.1) is 11.7 Å². The van der Waals surface area contributed by atoms with Crippen LogP contribution in [0.3, 0.4) is 0 Å². The third kappa shape index (κ3) is 4.99. The molecule has 2 aliphatic rings. The molecule has 3 rings (SSSR count). The molecule has 9 heteroatoms. The van der Waals surface area contributed by atoms with Crippen LogP contribution in [0.5, 0.6) is 0 Å². The molecule has 1 aromatic carbocycles. The van der Waals surface area contributed by atoms with Gasteiger partial charge in [-0.05, 0) is 37.1 Å². The van der Waals surface area contributed by atoms with Crippen LogP contribution >= 0.6 is 11.6 Å². The molecule has 160 valence electrons. The van der Waals surface area contributed by atoms with Gasteiger partial charge in [0, 0.05) is 17.4 Å². The van der Waals surface area contributed by atoms with Gasteiger partial charge in [-0.3, -0.25) is 0 Å². The maximum atomic E-state index is 13.3. The SMILES string of the molecule is CCOC(=O)C1=CC2(CCC1S(=O)(=O)Cc1ccc(F)cc1Cl)OCC(C)CO2. The number of hydrogen-bond donors (Lipinski definition) is 0. The highest BCUT2D eigenvalue weighted by atomic mass is 35.5. The molecule has 0 bridgehead atoms. The number of halogens is 2. The van der Waals surface area contributed by atoms with E-state index in [1.807, 2.05) is 6.92 Å². The molecule has 1 aliphatic heterocycles. The second-order valence-corrected chi connectivity index (χ2v) is 10.0. The Morgan fingerprint density at radius 3 is 2.66 bits per heavy atom. The summed E-state index contributed by atoms with van der Waals surface area (Å²) in [5.41, 5.74) is 0.279. The number of rotatable bonds is 5. The third-order valence-electron chi connectivity index (χ3n) is 5.02. The van der Waals surface area contributed by atoms with Crippen molar-refractivity contribution in [1.82, 2.24) is 0 Å². The van der Waals surface area contributed by atoms with E-state index in [-0.39, 0.29) is 35.1 Å². The number of esters is 1. The average molecular weight is 447 g/mol. The van der Waals surface area contributed by atoms with Crippen molar-refractivity contribution < 1.29 is 31.8 Å². The lowest BCUT2D eigenvalue weighted by molar-refractivity contribution is -0.257. The van der Waals surface area contributed by atoms with Gasteiger partial charge in [0.2, 0.25) is 0 Å². The molecule has 0 N–H and O–H groups in total. The Morgan fingerprint density at radius 1 is 1.34 bits per heavy atom. The maximum Gasteiger partial charge on any atom is 0.335 e. The smallest absolute Gasteiger partial charge is 0.335 e. The van der Waals surface area contributed by atoms with Gasteiger partial charge in [-0.15, -0.1) is 0 Å². The van der Waals surface area contributed by atoms with E-state index in [1.165, 1.54) is 12.1 Å². The van der Waals surface area contributed by atoms with Gasteiger partial charge in [0.05, 0.1) is 36.4 Å². The molecule has 0 aromatic heterocycles. The Hall–Kier alpha value is -1.48. The van der Waals surface area contributed by atoms with Crippen LogP contribution in [0.4, 0.5) is 4.39 Å². The largest absolute Gasteiger partial charge is 0.463 e. The predicted molar refractivity (Wildman–Crippen MR) is 106 cm³/mol. The summed E-state index contributed by atoms with van der Waals surface area (Å²) in [7, 11) is -3.84. The van der Waals surface area contributed by atoms with Gasteiger partial charge in [0.25, 0.3) is 0 Å². The molecule has 1 unspecified atom stereocenters. The van der Waals surface area contributed by atoms with Gasteiger partial charge in [-0.2, -0.15) is 0 Å². The highest BCUT2D eigenvalue weighted by Crippen LogP contribution is 2.38. The first-order valence-electron chi connectivity index (χ1n) is 9.49. The van der Waals surface area contributed by atoms with E-state index in [0.29, 0.717) is 19.6 Å². The van der Waals surface area contributed by atoms with E-state index in [0.717, 1.165) is 12.1 Å². The minimum absolute atomic E-state index is 0.00545. The first kappa shape index (κ1) is 22.2. The van der Waals surface area contributed by atoms with Crippen molar-refractivity contribution >= 4 is 27.4 Å². The average Bonchev–Trinajstić information content (AvgIpc) is 2.66. The summed E-state index contributed by atoms with van der Waals surface area (Å²) in [5.74, 6) is -2.59. The van der Waals surface area contributed by atoms with Crippen molar-refractivity contribution in [1.29, 1.82) is 0 Å². The second-order valence-electron chi connectivity index (χ2n) is 7.43. The molecule has 1 atom stereocenters. The number of benzene rings is 1. The van der Waals surface area contributed by atoms with Crippen LogP contribution in [-0.2, 0) is 34.6 Å². The van der Waals surface area contributed by atoms with Crippen LogP contribution in [0.25, 0.3) is 0 Å². The first-order valence-corrected chi connectivity index (χ1v) is 11.6. The molecule has 6 nitrogen and oxygen atoms in total. The van der Waals surface area contributed by atoms with Crippen molar-refractivity contribution in [3.05, 3.63) is 46.3 Å². The van der Waals surface area contributed by atoms with Gasteiger partial charge in [0.1, 0.15) is 5.82 Å². The molecule has 1 fully saturated rings. The highest BCUT2D eigenvalue weighted by Gasteiger charge is 2.45. The lowest BCUT2D eigenvalue weighted by Gasteiger charge is -2.41. The van der Waals surface area contributed by atoms with Gasteiger partial charge in [0.15, 0.2) is 15.6 Å². The van der Waals surface area contributed by atoms with Crippen molar-refractivity contribution in [2.24, 2.45) is 5.92 Å². The molecule has 1 aromatic rings. The van der Waals surface area contributed by atoms with E-state index in [1.54, 1.807) is 6.92 Å². The van der Waals surface area contributed by atoms with Gasteiger partial charge >= 0.3 is 5.97 Å². The molecule has 0 saturated carbocycles. The summed E-state index contributed by atoms with van der Waals surface area (Å²) in [6, 6.07) is 3.55. The number of sulfone groups is 1. The van der Waals surface area contributed by atoms with Crippen molar-refractivity contribution in [3.63, 3.8) is 0 Å². The monoisotopic (exact) mass is 446 g/mol. The van der Waals surface area contributed by atoms with Crippen LogP contribution in [0.2, 0.25) is 5.02 Å². The number of carbonyl (C=O) groups is 1. The Morgan fingerprint density at radius 2 is 2.03 bits per heavy atom. The molecule has 1 heterocycles. The lowest BCUT2D eigenvalue weighted by Crippen LogP contribution is -2.47. The molecule has 29 heavy (non-hydrogen) atoms. The number of carbonyl (C=O) groups excluding carboxylic acids is 1. The summed E-state index contributed by atoms with van der Waals surface area (Å²) in [6.07, 6.45) is 1.89. The summed E-state index contributed by atoms with van der Waals surface area (Å²) < 4.78 is 56.3. The fourth-order valence-electron chi connectivity index (χ4n) is 3.51. The Bertz CT molecular complexity index is 906. The first-order chi connectivity index (χ1) is 13.7. The van der Waals surface area contributed by atoms with Crippen molar-refractivity contribution in [2.45, 2.75) is 43.5 Å². The Balaban J connectivity index is 1.92. The highest BCUT2D eigenvalue weighted by molar-refractivity contribution is 7.91. The topological polar surface area (TPSA) is 78.9 Å². The zero-order valence-corrected chi connectivity index (χ0v) is 17.9. The Labute approximate surface area is 174 Å². The van der Waals surface area contributed by atoms with Crippen LogP contribution in [-0.4, -0.2) is 45.2 Å². The summed E-state index contributed by atoms with van der Waals surface area (Å²) in [4.78, 5) is 12.6. The van der Waals surface area contributed by atoms with E-state index in [9.17, 15) is 17.6 Å².